The average Bonchev–Trinajstić information content (AvgIpc) is 2.49. The topological polar surface area (TPSA) is 110 Å². The molecule has 2 rings (SSSR count). The summed E-state index contributed by atoms with van der Waals surface area (Å²) in [7, 11) is 1.64. The molecule has 21 heavy (non-hydrogen) atoms. The summed E-state index contributed by atoms with van der Waals surface area (Å²) in [5.74, 6) is -1.04. The molecule has 0 unspecified atom stereocenters. The van der Waals surface area contributed by atoms with Crippen molar-refractivity contribution in [1.29, 1.82) is 0 Å². The van der Waals surface area contributed by atoms with E-state index >= 15 is 0 Å². The first-order valence-electron chi connectivity index (χ1n) is 5.78. The summed E-state index contributed by atoms with van der Waals surface area (Å²) in [5.41, 5.74) is -0.670. The number of nitrogens with zero attached hydrogens (tertiary/aromatic N) is 3. The van der Waals surface area contributed by atoms with Crippen molar-refractivity contribution in [2.45, 2.75) is 0 Å². The first-order valence-corrected chi connectivity index (χ1v) is 5.78. The van der Waals surface area contributed by atoms with Gasteiger partial charge in [-0.3, -0.25) is 14.9 Å². The Morgan fingerprint density at radius 2 is 2.05 bits per heavy atom. The van der Waals surface area contributed by atoms with Crippen molar-refractivity contribution in [2.75, 3.05) is 17.7 Å². The second kappa shape index (κ2) is 5.90. The fourth-order valence-electron chi connectivity index (χ4n) is 1.50. The number of benzene rings is 1. The van der Waals surface area contributed by atoms with Crippen molar-refractivity contribution in [3.05, 3.63) is 52.0 Å². The van der Waals surface area contributed by atoms with Crippen LogP contribution in [0.25, 0.3) is 0 Å². The minimum Gasteiger partial charge on any atom is -0.372 e. The molecular formula is C12H10FN5O3. The van der Waals surface area contributed by atoms with E-state index in [1.54, 1.807) is 7.05 Å². The molecule has 1 amide bonds. The van der Waals surface area contributed by atoms with Gasteiger partial charge >= 0.3 is 0 Å². The third kappa shape index (κ3) is 3.26. The number of anilines is 2. The predicted molar refractivity (Wildman–Crippen MR) is 72.6 cm³/mol. The van der Waals surface area contributed by atoms with E-state index in [-0.39, 0.29) is 17.1 Å². The summed E-state index contributed by atoms with van der Waals surface area (Å²) in [6.45, 7) is 0. The summed E-state index contributed by atoms with van der Waals surface area (Å²) >= 11 is 0. The molecule has 1 aromatic heterocycles. The van der Waals surface area contributed by atoms with E-state index in [2.05, 4.69) is 20.8 Å². The van der Waals surface area contributed by atoms with Gasteiger partial charge in [-0.25, -0.2) is 4.39 Å². The van der Waals surface area contributed by atoms with Gasteiger partial charge in [0, 0.05) is 19.2 Å². The standard InChI is InChI=1S/C12H10FN5O3/c1-14-11-5-4-9(16-17-11)12(19)15-10-6-7(18(20)21)2-3-8(10)13/h2-6H,1H3,(H,14,17)(H,15,19). The Bertz CT molecular complexity index is 690. The van der Waals surface area contributed by atoms with Crippen LogP contribution in [-0.2, 0) is 0 Å². The Morgan fingerprint density at radius 1 is 1.29 bits per heavy atom. The molecule has 108 valence electrons. The minimum atomic E-state index is -0.784. The average molecular weight is 291 g/mol. The molecule has 1 aromatic carbocycles. The second-order valence-corrected chi connectivity index (χ2v) is 3.93. The second-order valence-electron chi connectivity index (χ2n) is 3.93. The lowest BCUT2D eigenvalue weighted by atomic mass is 10.2. The van der Waals surface area contributed by atoms with E-state index in [9.17, 15) is 19.3 Å². The molecule has 0 saturated heterocycles. The summed E-state index contributed by atoms with van der Waals surface area (Å²) in [5, 5.41) is 22.9. The van der Waals surface area contributed by atoms with Crippen molar-refractivity contribution in [3.8, 4) is 0 Å². The van der Waals surface area contributed by atoms with Crippen molar-refractivity contribution >= 4 is 23.1 Å². The molecule has 1 heterocycles. The van der Waals surface area contributed by atoms with Crippen LogP contribution < -0.4 is 10.6 Å². The van der Waals surface area contributed by atoms with Crippen LogP contribution in [0.5, 0.6) is 0 Å². The number of rotatable bonds is 4. The third-order valence-electron chi connectivity index (χ3n) is 2.56. The maximum absolute atomic E-state index is 13.5. The number of carbonyl (C=O) groups is 1. The van der Waals surface area contributed by atoms with E-state index in [4.69, 9.17) is 0 Å². The maximum atomic E-state index is 13.5. The Labute approximate surface area is 118 Å². The number of aromatic nitrogens is 2. The van der Waals surface area contributed by atoms with Gasteiger partial charge in [0.25, 0.3) is 11.6 Å². The molecule has 0 aliphatic rings. The van der Waals surface area contributed by atoms with E-state index in [1.165, 1.54) is 12.1 Å². The van der Waals surface area contributed by atoms with Crippen molar-refractivity contribution in [3.63, 3.8) is 0 Å². The number of hydrogen-bond donors (Lipinski definition) is 2. The SMILES string of the molecule is CNc1ccc(C(=O)Nc2cc([N+](=O)[O-])ccc2F)nn1. The van der Waals surface area contributed by atoms with E-state index in [1.807, 2.05) is 0 Å². The normalized spacial score (nSPS) is 10.0. The molecule has 0 aliphatic carbocycles. The van der Waals surface area contributed by atoms with E-state index in [0.29, 0.717) is 5.82 Å². The smallest absolute Gasteiger partial charge is 0.276 e. The minimum absolute atomic E-state index is 0.0418. The van der Waals surface area contributed by atoms with Crippen molar-refractivity contribution in [1.82, 2.24) is 10.2 Å². The van der Waals surface area contributed by atoms with Gasteiger partial charge in [-0.05, 0) is 18.2 Å². The number of carbonyl (C=O) groups excluding carboxylic acids is 1. The van der Waals surface area contributed by atoms with Gasteiger partial charge in [-0.15, -0.1) is 10.2 Å². The highest BCUT2D eigenvalue weighted by atomic mass is 19.1. The highest BCUT2D eigenvalue weighted by Crippen LogP contribution is 2.21. The summed E-state index contributed by atoms with van der Waals surface area (Å²) < 4.78 is 13.5. The van der Waals surface area contributed by atoms with Crippen molar-refractivity contribution < 1.29 is 14.1 Å². The fourth-order valence-corrected chi connectivity index (χ4v) is 1.50. The van der Waals surface area contributed by atoms with Crippen LogP contribution in [0.2, 0.25) is 0 Å². The van der Waals surface area contributed by atoms with Gasteiger partial charge in [0.2, 0.25) is 0 Å². The highest BCUT2D eigenvalue weighted by Gasteiger charge is 2.15. The van der Waals surface area contributed by atoms with Crippen LogP contribution in [-0.4, -0.2) is 28.1 Å². The number of hydrogen-bond acceptors (Lipinski definition) is 6. The van der Waals surface area contributed by atoms with Gasteiger partial charge in [0.05, 0.1) is 10.6 Å². The molecular weight excluding hydrogens is 281 g/mol. The zero-order valence-corrected chi connectivity index (χ0v) is 10.8. The predicted octanol–water partition coefficient (Wildman–Crippen LogP) is 1.82. The molecule has 8 nitrogen and oxygen atoms in total. The van der Waals surface area contributed by atoms with Crippen LogP contribution >= 0.6 is 0 Å². The number of nitro benzene ring substituents is 1. The molecule has 9 heteroatoms. The monoisotopic (exact) mass is 291 g/mol. The fraction of sp³-hybridized carbons (Fsp3) is 0.0833. The van der Waals surface area contributed by atoms with Gasteiger partial charge < -0.3 is 10.6 Å². The van der Waals surface area contributed by atoms with Gasteiger partial charge in [0.1, 0.15) is 11.6 Å². The lowest BCUT2D eigenvalue weighted by Gasteiger charge is -2.06. The zero-order valence-electron chi connectivity index (χ0n) is 10.8. The molecule has 2 aromatic rings. The molecule has 0 saturated carbocycles. The summed E-state index contributed by atoms with van der Waals surface area (Å²) in [4.78, 5) is 21.8. The molecule has 0 bridgehead atoms. The quantitative estimate of drug-likeness (QED) is 0.656. The Balaban J connectivity index is 2.22. The number of nitrogens with one attached hydrogen (secondary N) is 2. The molecule has 2 N–H and O–H groups in total. The van der Waals surface area contributed by atoms with Gasteiger partial charge in [-0.1, -0.05) is 0 Å². The van der Waals surface area contributed by atoms with Crippen LogP contribution in [0, 0.1) is 15.9 Å². The zero-order chi connectivity index (χ0) is 15.4. The highest BCUT2D eigenvalue weighted by molar-refractivity contribution is 6.03. The Kier molecular flexibility index (Phi) is 4.02. The van der Waals surface area contributed by atoms with Crippen molar-refractivity contribution in [2.24, 2.45) is 0 Å². The van der Waals surface area contributed by atoms with E-state index < -0.39 is 16.6 Å². The molecule has 0 fully saturated rings. The Hall–Kier alpha value is -3.10. The lowest BCUT2D eigenvalue weighted by Crippen LogP contribution is -2.15. The van der Waals surface area contributed by atoms with E-state index in [0.717, 1.165) is 18.2 Å². The lowest BCUT2D eigenvalue weighted by molar-refractivity contribution is -0.384. The molecule has 0 radical (unpaired) electrons. The number of nitro groups is 1. The van der Waals surface area contributed by atoms with Crippen LogP contribution in [0.1, 0.15) is 10.5 Å². The molecule has 0 aliphatic heterocycles. The first kappa shape index (κ1) is 14.3. The third-order valence-corrected chi connectivity index (χ3v) is 2.56. The summed E-state index contributed by atoms with van der Waals surface area (Å²) in [6, 6.07) is 5.76. The first-order chi connectivity index (χ1) is 10.0. The number of non-ortho nitro benzene ring substituents is 1. The maximum Gasteiger partial charge on any atom is 0.276 e. The summed E-state index contributed by atoms with van der Waals surface area (Å²) in [6.07, 6.45) is 0. The van der Waals surface area contributed by atoms with Crippen LogP contribution in [0.3, 0.4) is 0 Å². The van der Waals surface area contributed by atoms with Crippen LogP contribution in [0.15, 0.2) is 30.3 Å². The number of amides is 1. The van der Waals surface area contributed by atoms with Gasteiger partial charge in [-0.2, -0.15) is 0 Å². The number of halogens is 1. The van der Waals surface area contributed by atoms with Crippen LogP contribution in [0.4, 0.5) is 21.6 Å². The van der Waals surface area contributed by atoms with Gasteiger partial charge in [0.15, 0.2) is 5.69 Å². The largest absolute Gasteiger partial charge is 0.372 e. The molecule has 0 atom stereocenters. The molecule has 0 spiro atoms. The Morgan fingerprint density at radius 3 is 2.62 bits per heavy atom.